The Hall–Kier alpha value is -3.62. The van der Waals surface area contributed by atoms with Crippen LogP contribution < -0.4 is 4.74 Å². The Morgan fingerprint density at radius 3 is 2.52 bits per heavy atom. The molecule has 0 fully saturated rings. The minimum absolute atomic E-state index is 0.0781. The van der Waals surface area contributed by atoms with E-state index in [1.54, 1.807) is 36.4 Å². The normalized spacial score (nSPS) is 11.5. The van der Waals surface area contributed by atoms with Gasteiger partial charge in [-0.15, -0.1) is 11.3 Å². The van der Waals surface area contributed by atoms with Gasteiger partial charge in [-0.25, -0.2) is 9.79 Å². The van der Waals surface area contributed by atoms with Crippen LogP contribution in [0.25, 0.3) is 16.2 Å². The topological polar surface area (TPSA) is 96.2 Å². The van der Waals surface area contributed by atoms with Gasteiger partial charge < -0.3 is 14.9 Å². The van der Waals surface area contributed by atoms with Gasteiger partial charge in [0.2, 0.25) is 5.78 Å². The van der Waals surface area contributed by atoms with Crippen molar-refractivity contribution in [3.8, 4) is 17.2 Å². The van der Waals surface area contributed by atoms with Crippen molar-refractivity contribution in [3.63, 3.8) is 0 Å². The van der Waals surface area contributed by atoms with E-state index in [9.17, 15) is 14.7 Å². The number of ketones is 1. The number of thiophene rings is 1. The van der Waals surface area contributed by atoms with Crippen molar-refractivity contribution in [1.29, 1.82) is 0 Å². The molecule has 0 aliphatic carbocycles. The summed E-state index contributed by atoms with van der Waals surface area (Å²) in [6.45, 7) is 7.18. The molecule has 3 rings (SSSR count). The Bertz CT molecular complexity index is 1220. The zero-order valence-electron chi connectivity index (χ0n) is 16.1. The fourth-order valence-corrected chi connectivity index (χ4v) is 4.32. The number of carbonyl (C=O) groups is 2. The summed E-state index contributed by atoms with van der Waals surface area (Å²) >= 11 is 2.27. The molecule has 3 aromatic rings. The van der Waals surface area contributed by atoms with Crippen molar-refractivity contribution in [2.45, 2.75) is 0 Å². The molecule has 0 aliphatic heterocycles. The molecule has 2 aromatic carbocycles. The highest BCUT2D eigenvalue weighted by atomic mass is 32.2. The molecular formula is C23H17NO5S2. The van der Waals surface area contributed by atoms with Crippen LogP contribution in [0.1, 0.15) is 15.2 Å². The summed E-state index contributed by atoms with van der Waals surface area (Å²) in [6, 6.07) is 11.5. The van der Waals surface area contributed by atoms with Crippen molar-refractivity contribution >= 4 is 56.1 Å². The van der Waals surface area contributed by atoms with Crippen molar-refractivity contribution in [2.75, 3.05) is 0 Å². The van der Waals surface area contributed by atoms with Crippen molar-refractivity contribution < 1.29 is 24.5 Å². The van der Waals surface area contributed by atoms with Crippen molar-refractivity contribution in [2.24, 2.45) is 4.99 Å². The van der Waals surface area contributed by atoms with Gasteiger partial charge in [0.05, 0.1) is 0 Å². The third-order valence-corrected chi connectivity index (χ3v) is 5.76. The van der Waals surface area contributed by atoms with Gasteiger partial charge in [-0.2, -0.15) is 0 Å². The van der Waals surface area contributed by atoms with Crippen LogP contribution in [-0.2, 0) is 4.79 Å². The lowest BCUT2D eigenvalue weighted by molar-refractivity contribution is -0.131. The van der Waals surface area contributed by atoms with E-state index in [0.29, 0.717) is 32.0 Å². The quantitative estimate of drug-likeness (QED) is 0.186. The number of thioether (sulfide) groups is 1. The van der Waals surface area contributed by atoms with E-state index < -0.39 is 5.97 Å². The van der Waals surface area contributed by atoms with Crippen LogP contribution >= 0.6 is 23.1 Å². The zero-order valence-corrected chi connectivity index (χ0v) is 17.8. The maximum Gasteiger partial charge on any atom is 0.328 e. The number of carbonyl (C=O) groups excluding carboxylic acids is 1. The third-order valence-electron chi connectivity index (χ3n) is 3.95. The molecule has 0 saturated carbocycles. The number of aliphatic imine (C=N–C) groups is 1. The Morgan fingerprint density at radius 2 is 1.87 bits per heavy atom. The summed E-state index contributed by atoms with van der Waals surface area (Å²) in [5, 5.41) is 20.9. The second-order valence-corrected chi connectivity index (χ2v) is 8.02. The van der Waals surface area contributed by atoms with Gasteiger partial charge in [-0.3, -0.25) is 4.79 Å². The highest BCUT2D eigenvalue weighted by Gasteiger charge is 2.24. The first-order valence-electron chi connectivity index (χ1n) is 8.88. The fourth-order valence-electron chi connectivity index (χ4n) is 2.65. The number of rotatable bonds is 8. The average molecular weight is 452 g/mol. The second-order valence-electron chi connectivity index (χ2n) is 6.01. The van der Waals surface area contributed by atoms with E-state index in [4.69, 9.17) is 9.84 Å². The molecule has 0 atom stereocenters. The van der Waals surface area contributed by atoms with Gasteiger partial charge >= 0.3 is 5.97 Å². The summed E-state index contributed by atoms with van der Waals surface area (Å²) in [6.07, 6.45) is 3.80. The molecule has 0 radical (unpaired) electrons. The first-order chi connectivity index (χ1) is 14.9. The van der Waals surface area contributed by atoms with Gasteiger partial charge in [-0.1, -0.05) is 37.1 Å². The molecule has 0 amide bonds. The molecule has 31 heavy (non-hydrogen) atoms. The lowest BCUT2D eigenvalue weighted by atomic mass is 10.2. The number of fused-ring (bicyclic) bond motifs is 1. The minimum Gasteiger partial charge on any atom is -0.508 e. The monoisotopic (exact) mass is 451 g/mol. The molecule has 156 valence electrons. The molecule has 8 heteroatoms. The van der Waals surface area contributed by atoms with Gasteiger partial charge in [-0.05, 0) is 47.4 Å². The Kier molecular flexibility index (Phi) is 7.07. The predicted octanol–water partition coefficient (Wildman–Crippen LogP) is 6.10. The SMILES string of the molecule is C=CN=C(SC=C)C(=O)c1sc2cc(O)ccc2c1Oc1ccc(/C=C/C(=O)O)cc1. The molecule has 0 aliphatic rings. The number of aliphatic carboxylic acids is 1. The van der Waals surface area contributed by atoms with Crippen LogP contribution in [0.15, 0.2) is 78.3 Å². The van der Waals surface area contributed by atoms with Crippen LogP contribution in [0.2, 0.25) is 0 Å². The molecule has 0 spiro atoms. The number of Topliss-reactive ketones (excluding diaryl/α,β-unsaturated/α-hetero) is 1. The second kappa shape index (κ2) is 9.92. The van der Waals surface area contributed by atoms with Crippen LogP contribution in [0.5, 0.6) is 17.2 Å². The number of carboxylic acid groups (broad SMARTS) is 1. The number of benzene rings is 2. The molecule has 2 N–H and O–H groups in total. The summed E-state index contributed by atoms with van der Waals surface area (Å²) < 4.78 is 6.74. The highest BCUT2D eigenvalue weighted by molar-refractivity contribution is 8.18. The number of nitrogens with zero attached hydrogens (tertiary/aromatic N) is 1. The van der Waals surface area contributed by atoms with Gasteiger partial charge in [0.15, 0.2) is 5.75 Å². The number of carboxylic acids is 1. The van der Waals surface area contributed by atoms with E-state index in [1.807, 2.05) is 0 Å². The van der Waals surface area contributed by atoms with Crippen LogP contribution in [0.3, 0.4) is 0 Å². The number of aromatic hydroxyl groups is 1. The van der Waals surface area contributed by atoms with Crippen LogP contribution in [-0.4, -0.2) is 27.0 Å². The van der Waals surface area contributed by atoms with Gasteiger partial charge in [0.25, 0.3) is 0 Å². The Morgan fingerprint density at radius 1 is 1.13 bits per heavy atom. The summed E-state index contributed by atoms with van der Waals surface area (Å²) in [5.41, 5.74) is 0.689. The van der Waals surface area contributed by atoms with E-state index in [1.165, 1.54) is 35.1 Å². The smallest absolute Gasteiger partial charge is 0.328 e. The van der Waals surface area contributed by atoms with Gasteiger partial charge in [0, 0.05) is 22.4 Å². The van der Waals surface area contributed by atoms with E-state index in [0.717, 1.165) is 17.8 Å². The zero-order chi connectivity index (χ0) is 22.4. The Labute approximate surface area is 186 Å². The Balaban J connectivity index is 2.04. The first-order valence-corrected chi connectivity index (χ1v) is 10.6. The number of ether oxygens (including phenoxy) is 1. The largest absolute Gasteiger partial charge is 0.508 e. The molecule has 0 bridgehead atoms. The average Bonchev–Trinajstić information content (AvgIpc) is 3.09. The minimum atomic E-state index is -1.04. The molecule has 6 nitrogen and oxygen atoms in total. The molecular weight excluding hydrogens is 434 g/mol. The van der Waals surface area contributed by atoms with Crippen LogP contribution in [0.4, 0.5) is 0 Å². The molecule has 0 unspecified atom stereocenters. The predicted molar refractivity (Wildman–Crippen MR) is 126 cm³/mol. The van der Waals surface area contributed by atoms with E-state index in [2.05, 4.69) is 18.2 Å². The molecule has 1 heterocycles. The number of hydrogen-bond donors (Lipinski definition) is 2. The standard InChI is InChI=1S/C23H17NO5S2/c1-3-24-23(30-4-2)20(28)22-21(17-11-8-15(25)13-18(17)31-22)29-16-9-5-14(6-10-16)7-12-19(26)27/h3-13,25H,1-2H2,(H,26,27)/b12-7+,24-23?. The fraction of sp³-hybridized carbons (Fsp3) is 0. The summed E-state index contributed by atoms with van der Waals surface area (Å²) in [7, 11) is 0. The van der Waals surface area contributed by atoms with Crippen LogP contribution in [0, 0.1) is 0 Å². The number of hydrogen-bond acceptors (Lipinski definition) is 7. The maximum absolute atomic E-state index is 13.1. The third kappa shape index (κ3) is 5.30. The number of phenols is 1. The maximum atomic E-state index is 13.1. The lowest BCUT2D eigenvalue weighted by Crippen LogP contribution is -2.09. The number of phenolic OH excluding ortho intramolecular Hbond substituents is 1. The first kappa shape index (κ1) is 22.1. The highest BCUT2D eigenvalue weighted by Crippen LogP contribution is 2.42. The molecule has 1 aromatic heterocycles. The lowest BCUT2D eigenvalue weighted by Gasteiger charge is -2.08. The summed E-state index contributed by atoms with van der Waals surface area (Å²) in [4.78, 5) is 28.2. The van der Waals surface area contributed by atoms with E-state index in [-0.39, 0.29) is 16.6 Å². The van der Waals surface area contributed by atoms with E-state index >= 15 is 0 Å². The van der Waals surface area contributed by atoms with Crippen molar-refractivity contribution in [3.05, 3.63) is 83.7 Å². The summed E-state index contributed by atoms with van der Waals surface area (Å²) in [5.74, 6) is -0.491. The van der Waals surface area contributed by atoms with Crippen molar-refractivity contribution in [1.82, 2.24) is 0 Å². The van der Waals surface area contributed by atoms with Gasteiger partial charge in [0.1, 0.15) is 21.4 Å². The molecule has 0 saturated heterocycles.